The molecule has 1 N–H and O–H groups in total. The number of likely N-dealkylation sites (N-methyl/N-ethyl adjacent to an activating group) is 1. The molecule has 0 amide bonds. The summed E-state index contributed by atoms with van der Waals surface area (Å²) in [4.78, 5) is 13.1. The lowest BCUT2D eigenvalue weighted by Gasteiger charge is -2.16. The average Bonchev–Trinajstić information content (AvgIpc) is 2.34. The Bertz CT molecular complexity index is 365. The summed E-state index contributed by atoms with van der Waals surface area (Å²) in [5, 5.41) is 9.04. The van der Waals surface area contributed by atoms with Crippen molar-refractivity contribution in [2.24, 2.45) is 0 Å². The van der Waals surface area contributed by atoms with Gasteiger partial charge >= 0.3 is 5.97 Å². The van der Waals surface area contributed by atoms with E-state index in [-0.39, 0.29) is 0 Å². The van der Waals surface area contributed by atoms with Crippen LogP contribution in [0.3, 0.4) is 0 Å². The predicted molar refractivity (Wildman–Crippen MR) is 66.5 cm³/mol. The molecule has 1 aromatic carbocycles. The average molecular weight is 237 g/mol. The number of nitrogens with zero attached hydrogens (tertiary/aromatic N) is 1. The highest BCUT2D eigenvalue weighted by atomic mass is 16.5. The van der Waals surface area contributed by atoms with Crippen molar-refractivity contribution in [3.8, 4) is 0 Å². The van der Waals surface area contributed by atoms with Gasteiger partial charge in [-0.3, -0.25) is 0 Å². The Labute approximate surface area is 102 Å². The lowest BCUT2D eigenvalue weighted by atomic mass is 10.0. The standard InChI is InChI=1S/C13H19NO3/c1-14(9-10-17-2)8-7-11-5-3-4-6-12(11)13(15)16/h3-6H,7-10H2,1-2H3,(H,15,16). The Morgan fingerprint density at radius 2 is 2.06 bits per heavy atom. The van der Waals surface area contributed by atoms with Gasteiger partial charge in [0.05, 0.1) is 12.2 Å². The summed E-state index contributed by atoms with van der Waals surface area (Å²) in [5.41, 5.74) is 1.27. The topological polar surface area (TPSA) is 49.8 Å². The maximum Gasteiger partial charge on any atom is 0.335 e. The first-order valence-electron chi connectivity index (χ1n) is 5.64. The zero-order chi connectivity index (χ0) is 12.7. The van der Waals surface area contributed by atoms with Crippen LogP contribution < -0.4 is 0 Å². The molecule has 0 saturated heterocycles. The second-order valence-electron chi connectivity index (χ2n) is 4.01. The summed E-state index contributed by atoms with van der Waals surface area (Å²) in [6, 6.07) is 7.14. The van der Waals surface area contributed by atoms with Gasteiger partial charge in [0.15, 0.2) is 0 Å². The summed E-state index contributed by atoms with van der Waals surface area (Å²) in [7, 11) is 3.68. The quantitative estimate of drug-likeness (QED) is 0.781. The molecule has 0 bridgehead atoms. The van der Waals surface area contributed by atoms with Gasteiger partial charge in [-0.15, -0.1) is 0 Å². The molecule has 0 unspecified atom stereocenters. The third-order valence-electron chi connectivity index (χ3n) is 2.69. The molecule has 0 saturated carbocycles. The fourth-order valence-corrected chi connectivity index (χ4v) is 1.62. The molecule has 4 heteroatoms. The van der Waals surface area contributed by atoms with Crippen molar-refractivity contribution >= 4 is 5.97 Å². The van der Waals surface area contributed by atoms with Crippen molar-refractivity contribution < 1.29 is 14.6 Å². The minimum Gasteiger partial charge on any atom is -0.478 e. The molecule has 1 aromatic rings. The summed E-state index contributed by atoms with van der Waals surface area (Å²) < 4.78 is 4.99. The highest BCUT2D eigenvalue weighted by molar-refractivity contribution is 5.89. The van der Waals surface area contributed by atoms with Crippen molar-refractivity contribution in [1.29, 1.82) is 0 Å². The molecule has 0 aromatic heterocycles. The fraction of sp³-hybridized carbons (Fsp3) is 0.462. The van der Waals surface area contributed by atoms with Crippen molar-refractivity contribution in [2.75, 3.05) is 33.9 Å². The minimum atomic E-state index is -0.861. The molecule has 0 aliphatic carbocycles. The van der Waals surface area contributed by atoms with Crippen LogP contribution in [-0.2, 0) is 11.2 Å². The summed E-state index contributed by atoms with van der Waals surface area (Å²) >= 11 is 0. The predicted octanol–water partition coefficient (Wildman–Crippen LogP) is 1.51. The van der Waals surface area contributed by atoms with Crippen molar-refractivity contribution in [2.45, 2.75) is 6.42 Å². The number of carboxylic acids is 1. The van der Waals surface area contributed by atoms with Crippen molar-refractivity contribution in [3.05, 3.63) is 35.4 Å². The van der Waals surface area contributed by atoms with Crippen molar-refractivity contribution in [3.63, 3.8) is 0 Å². The van der Waals surface area contributed by atoms with Gasteiger partial charge in [0.2, 0.25) is 0 Å². The maximum absolute atomic E-state index is 11.0. The molecule has 0 fully saturated rings. The highest BCUT2D eigenvalue weighted by Gasteiger charge is 2.09. The Morgan fingerprint density at radius 3 is 2.71 bits per heavy atom. The van der Waals surface area contributed by atoms with Crippen LogP contribution in [0.1, 0.15) is 15.9 Å². The number of ether oxygens (including phenoxy) is 1. The molecule has 1 rings (SSSR count). The van der Waals surface area contributed by atoms with Gasteiger partial charge < -0.3 is 14.7 Å². The van der Waals surface area contributed by atoms with E-state index < -0.39 is 5.97 Å². The van der Waals surface area contributed by atoms with Crippen LogP contribution in [0, 0.1) is 0 Å². The Hall–Kier alpha value is -1.39. The first kappa shape index (κ1) is 13.7. The van der Waals surface area contributed by atoms with E-state index in [2.05, 4.69) is 4.90 Å². The van der Waals surface area contributed by atoms with Gasteiger partial charge in [-0.1, -0.05) is 18.2 Å². The van der Waals surface area contributed by atoms with Crippen molar-refractivity contribution in [1.82, 2.24) is 4.90 Å². The van der Waals surface area contributed by atoms with E-state index in [0.29, 0.717) is 12.2 Å². The second-order valence-corrected chi connectivity index (χ2v) is 4.01. The van der Waals surface area contributed by atoms with E-state index in [9.17, 15) is 4.79 Å². The molecular weight excluding hydrogens is 218 g/mol. The SMILES string of the molecule is COCCN(C)CCc1ccccc1C(=O)O. The van der Waals surface area contributed by atoms with Crippen LogP contribution in [0.5, 0.6) is 0 Å². The normalized spacial score (nSPS) is 10.8. The van der Waals surface area contributed by atoms with E-state index in [1.54, 1.807) is 19.2 Å². The summed E-state index contributed by atoms with van der Waals surface area (Å²) in [6.07, 6.45) is 0.739. The summed E-state index contributed by atoms with van der Waals surface area (Å²) in [6.45, 7) is 2.37. The fourth-order valence-electron chi connectivity index (χ4n) is 1.62. The highest BCUT2D eigenvalue weighted by Crippen LogP contribution is 2.09. The Morgan fingerprint density at radius 1 is 1.35 bits per heavy atom. The first-order valence-corrected chi connectivity index (χ1v) is 5.64. The first-order chi connectivity index (χ1) is 8.15. The molecule has 0 aliphatic heterocycles. The lowest BCUT2D eigenvalue weighted by Crippen LogP contribution is -2.25. The largest absolute Gasteiger partial charge is 0.478 e. The number of methoxy groups -OCH3 is 1. The molecule has 0 heterocycles. The summed E-state index contributed by atoms with van der Waals surface area (Å²) in [5.74, 6) is -0.861. The lowest BCUT2D eigenvalue weighted by molar-refractivity contribution is 0.0695. The maximum atomic E-state index is 11.0. The Kier molecular flexibility index (Phi) is 5.66. The van der Waals surface area contributed by atoms with Crippen LogP contribution in [0.2, 0.25) is 0 Å². The Balaban J connectivity index is 2.54. The van der Waals surface area contributed by atoms with Gasteiger partial charge in [0.1, 0.15) is 0 Å². The monoisotopic (exact) mass is 237 g/mol. The number of rotatable bonds is 7. The van der Waals surface area contributed by atoms with Gasteiger partial charge in [0, 0.05) is 20.2 Å². The zero-order valence-electron chi connectivity index (χ0n) is 10.3. The van der Waals surface area contributed by atoms with E-state index in [0.717, 1.165) is 25.1 Å². The zero-order valence-corrected chi connectivity index (χ0v) is 10.3. The molecule has 94 valence electrons. The van der Waals surface area contributed by atoms with Crippen LogP contribution in [0.15, 0.2) is 24.3 Å². The third-order valence-corrected chi connectivity index (χ3v) is 2.69. The number of carboxylic acid groups (broad SMARTS) is 1. The number of aromatic carboxylic acids is 1. The smallest absolute Gasteiger partial charge is 0.335 e. The molecular formula is C13H19NO3. The number of hydrogen-bond acceptors (Lipinski definition) is 3. The third kappa shape index (κ3) is 4.54. The number of hydrogen-bond donors (Lipinski definition) is 1. The molecule has 0 aliphatic rings. The van der Waals surface area contributed by atoms with Gasteiger partial charge in [-0.25, -0.2) is 4.79 Å². The molecule has 0 spiro atoms. The number of carbonyl (C=O) groups is 1. The molecule has 0 radical (unpaired) electrons. The van der Waals surface area contributed by atoms with E-state index >= 15 is 0 Å². The minimum absolute atomic E-state index is 0.396. The van der Waals surface area contributed by atoms with Crippen LogP contribution in [0.4, 0.5) is 0 Å². The van der Waals surface area contributed by atoms with E-state index in [4.69, 9.17) is 9.84 Å². The van der Waals surface area contributed by atoms with Crippen LogP contribution in [-0.4, -0.2) is 49.8 Å². The van der Waals surface area contributed by atoms with Gasteiger partial charge in [-0.2, -0.15) is 0 Å². The number of benzene rings is 1. The van der Waals surface area contributed by atoms with Crippen LogP contribution in [0.25, 0.3) is 0 Å². The van der Waals surface area contributed by atoms with E-state index in [1.807, 2.05) is 19.2 Å². The molecule has 0 atom stereocenters. The van der Waals surface area contributed by atoms with Gasteiger partial charge in [-0.05, 0) is 25.1 Å². The molecule has 4 nitrogen and oxygen atoms in total. The van der Waals surface area contributed by atoms with Crippen LogP contribution >= 0.6 is 0 Å². The van der Waals surface area contributed by atoms with Gasteiger partial charge in [0.25, 0.3) is 0 Å². The molecule has 17 heavy (non-hydrogen) atoms. The van der Waals surface area contributed by atoms with E-state index in [1.165, 1.54) is 0 Å². The second kappa shape index (κ2) is 7.04.